The van der Waals surface area contributed by atoms with Gasteiger partial charge in [-0.25, -0.2) is 0 Å². The molecule has 0 rings (SSSR count). The molecule has 20 heavy (non-hydrogen) atoms. The summed E-state index contributed by atoms with van der Waals surface area (Å²) in [6, 6.07) is 1.28. The topological polar surface area (TPSA) is 27.7 Å². The fourth-order valence-corrected chi connectivity index (χ4v) is 4.89. The summed E-state index contributed by atoms with van der Waals surface area (Å²) in [5.74, 6) is 0. The first kappa shape index (κ1) is 20.5. The summed E-state index contributed by atoms with van der Waals surface area (Å²) in [6.07, 6.45) is 5.20. The molecule has 0 heterocycles. The Morgan fingerprint density at radius 2 is 1.40 bits per heavy atom. The quantitative estimate of drug-likeness (QED) is 0.305. The maximum absolute atomic E-state index is 6.11. The Morgan fingerprint density at radius 3 is 1.85 bits per heavy atom. The molecular weight excluding hydrogens is 300 g/mol. The lowest BCUT2D eigenvalue weighted by atomic mass is 10.2. The van der Waals surface area contributed by atoms with Crippen LogP contribution in [0, 0.1) is 0 Å². The molecule has 0 aromatic carbocycles. The number of rotatable bonds is 12. The first-order valence-corrected chi connectivity index (χ1v) is 16.5. The van der Waals surface area contributed by atoms with Crippen molar-refractivity contribution in [2.24, 2.45) is 0 Å². The van der Waals surface area contributed by atoms with E-state index < -0.39 is 26.4 Å². The van der Waals surface area contributed by atoms with Crippen molar-refractivity contribution in [2.75, 3.05) is 6.61 Å². The Morgan fingerprint density at radius 1 is 0.850 bits per heavy atom. The summed E-state index contributed by atoms with van der Waals surface area (Å²) < 4.78 is 18.1. The van der Waals surface area contributed by atoms with Crippen LogP contribution in [0.15, 0.2) is 0 Å². The number of hydrogen-bond acceptors (Lipinski definition) is 3. The minimum atomic E-state index is -1.57. The molecule has 0 aromatic rings. The summed E-state index contributed by atoms with van der Waals surface area (Å²) >= 11 is 0. The number of hydrogen-bond donors (Lipinski definition) is 0. The molecule has 0 N–H and O–H groups in total. The summed E-state index contributed by atoms with van der Waals surface area (Å²) in [5.41, 5.74) is 0. The van der Waals surface area contributed by atoms with Gasteiger partial charge in [-0.3, -0.25) is 0 Å². The van der Waals surface area contributed by atoms with E-state index in [0.717, 1.165) is 0 Å². The lowest BCUT2D eigenvalue weighted by Crippen LogP contribution is -2.42. The Hall–Kier alpha value is 0.531. The molecule has 0 aliphatic heterocycles. The molecule has 0 spiro atoms. The molecule has 0 aliphatic carbocycles. The molecule has 0 saturated heterocycles. The second kappa shape index (κ2) is 10.3. The number of unbranched alkanes of at least 4 members (excludes halogenated alkanes) is 3. The molecule has 6 heteroatoms. The van der Waals surface area contributed by atoms with Crippen molar-refractivity contribution in [3.8, 4) is 0 Å². The van der Waals surface area contributed by atoms with Crippen molar-refractivity contribution < 1.29 is 13.3 Å². The van der Waals surface area contributed by atoms with Crippen LogP contribution in [0.25, 0.3) is 0 Å². The van der Waals surface area contributed by atoms with E-state index in [1.54, 1.807) is 0 Å². The molecular formula is C14H36O3Si3. The zero-order chi connectivity index (χ0) is 15.6. The van der Waals surface area contributed by atoms with E-state index in [1.807, 2.05) is 0 Å². The second-order valence-electron chi connectivity index (χ2n) is 7.38. The van der Waals surface area contributed by atoms with Gasteiger partial charge in [0.2, 0.25) is 0 Å². The fraction of sp³-hybridized carbons (Fsp3) is 1.00. The van der Waals surface area contributed by atoms with Crippen molar-refractivity contribution in [2.45, 2.75) is 84.2 Å². The normalized spacial score (nSPS) is 13.8. The van der Waals surface area contributed by atoms with Crippen LogP contribution in [-0.4, -0.2) is 39.3 Å². The van der Waals surface area contributed by atoms with Gasteiger partial charge in [0.15, 0.2) is 32.7 Å². The highest BCUT2D eigenvalue weighted by Crippen LogP contribution is 2.14. The molecule has 0 aliphatic rings. The third-order valence-electron chi connectivity index (χ3n) is 2.62. The Labute approximate surface area is 131 Å². The van der Waals surface area contributed by atoms with Gasteiger partial charge in [0, 0.05) is 0 Å². The average Bonchev–Trinajstić information content (AvgIpc) is 2.23. The molecule has 0 aromatic heterocycles. The molecule has 0 amide bonds. The van der Waals surface area contributed by atoms with E-state index in [0.29, 0.717) is 6.61 Å². The minimum Gasteiger partial charge on any atom is -0.419 e. The molecule has 122 valence electrons. The summed E-state index contributed by atoms with van der Waals surface area (Å²) in [7, 11) is -3.54. The molecule has 0 fully saturated rings. The van der Waals surface area contributed by atoms with Crippen LogP contribution >= 0.6 is 0 Å². The maximum atomic E-state index is 6.11. The van der Waals surface area contributed by atoms with Crippen LogP contribution in [0.4, 0.5) is 0 Å². The highest BCUT2D eigenvalue weighted by Gasteiger charge is 2.26. The van der Waals surface area contributed by atoms with Gasteiger partial charge in [-0.15, -0.1) is 0 Å². The van der Waals surface area contributed by atoms with E-state index in [-0.39, 0.29) is 6.29 Å². The highest BCUT2D eigenvalue weighted by molar-refractivity contribution is 6.70. The molecule has 0 bridgehead atoms. The van der Waals surface area contributed by atoms with Crippen LogP contribution in [0.5, 0.6) is 0 Å². The van der Waals surface area contributed by atoms with E-state index in [9.17, 15) is 0 Å². The standard InChI is InChI=1S/C14H36O3Si3/c1-8-9-10-11-12-18-15-13-14(16-19(2,3)4)17-20(5,6)7/h14H,8-13,18H2,1-7H3. The van der Waals surface area contributed by atoms with Crippen molar-refractivity contribution in [1.82, 2.24) is 0 Å². The van der Waals surface area contributed by atoms with Crippen LogP contribution in [-0.2, 0) is 13.3 Å². The second-order valence-corrected chi connectivity index (χ2v) is 17.8. The van der Waals surface area contributed by atoms with Gasteiger partial charge in [-0.2, -0.15) is 0 Å². The molecule has 0 unspecified atom stereocenters. The zero-order valence-corrected chi connectivity index (χ0v) is 18.2. The molecule has 0 atom stereocenters. The van der Waals surface area contributed by atoms with Crippen molar-refractivity contribution in [3.63, 3.8) is 0 Å². The van der Waals surface area contributed by atoms with Gasteiger partial charge in [0.05, 0.1) is 6.61 Å². The van der Waals surface area contributed by atoms with Crippen LogP contribution in [0.3, 0.4) is 0 Å². The smallest absolute Gasteiger partial charge is 0.187 e. The molecule has 3 nitrogen and oxygen atoms in total. The average molecular weight is 337 g/mol. The minimum absolute atomic E-state index is 0.142. The summed E-state index contributed by atoms with van der Waals surface area (Å²) in [6.45, 7) is 16.1. The van der Waals surface area contributed by atoms with Gasteiger partial charge >= 0.3 is 0 Å². The van der Waals surface area contributed by atoms with Gasteiger partial charge in [-0.1, -0.05) is 32.6 Å². The van der Waals surface area contributed by atoms with Crippen LogP contribution in [0.2, 0.25) is 45.3 Å². The Balaban J connectivity index is 3.92. The predicted octanol–water partition coefficient (Wildman–Crippen LogP) is 4.11. The summed E-state index contributed by atoms with van der Waals surface area (Å²) in [5, 5.41) is 0. The first-order valence-electron chi connectivity index (χ1n) is 8.07. The van der Waals surface area contributed by atoms with Gasteiger partial charge in [0.1, 0.15) is 0 Å². The first-order chi connectivity index (χ1) is 9.14. The Kier molecular flexibility index (Phi) is 10.6. The van der Waals surface area contributed by atoms with Gasteiger partial charge in [0.25, 0.3) is 0 Å². The predicted molar refractivity (Wildman–Crippen MR) is 96.1 cm³/mol. The lowest BCUT2D eigenvalue weighted by molar-refractivity contribution is -0.0390. The fourth-order valence-electron chi connectivity index (χ4n) is 1.87. The molecule has 0 radical (unpaired) electrons. The van der Waals surface area contributed by atoms with E-state index in [2.05, 4.69) is 46.2 Å². The molecule has 0 saturated carbocycles. The van der Waals surface area contributed by atoms with Crippen LogP contribution < -0.4 is 0 Å². The largest absolute Gasteiger partial charge is 0.419 e. The monoisotopic (exact) mass is 336 g/mol. The SMILES string of the molecule is CCCCCC[SiH2]OCC(O[Si](C)(C)C)O[Si](C)(C)C. The third-order valence-corrected chi connectivity index (χ3v) is 5.87. The lowest BCUT2D eigenvalue weighted by Gasteiger charge is -2.31. The van der Waals surface area contributed by atoms with Crippen molar-refractivity contribution >= 4 is 26.4 Å². The zero-order valence-electron chi connectivity index (χ0n) is 14.8. The van der Waals surface area contributed by atoms with E-state index >= 15 is 0 Å². The van der Waals surface area contributed by atoms with Gasteiger partial charge < -0.3 is 13.3 Å². The van der Waals surface area contributed by atoms with Crippen molar-refractivity contribution in [3.05, 3.63) is 0 Å². The highest BCUT2D eigenvalue weighted by atomic mass is 28.4. The summed E-state index contributed by atoms with van der Waals surface area (Å²) in [4.78, 5) is 0. The van der Waals surface area contributed by atoms with E-state index in [4.69, 9.17) is 13.3 Å². The third kappa shape index (κ3) is 14.9. The Bertz CT molecular complexity index is 221. The maximum Gasteiger partial charge on any atom is 0.187 e. The van der Waals surface area contributed by atoms with E-state index in [1.165, 1.54) is 31.7 Å². The van der Waals surface area contributed by atoms with Gasteiger partial charge in [-0.05, 0) is 45.3 Å². The van der Waals surface area contributed by atoms with Crippen LogP contribution in [0.1, 0.15) is 32.6 Å². The van der Waals surface area contributed by atoms with Crippen molar-refractivity contribution in [1.29, 1.82) is 0 Å².